The molecular formula is C24H20ClFN6O. The van der Waals surface area contributed by atoms with Gasteiger partial charge in [0.05, 0.1) is 10.7 Å². The SMILES string of the molecule is O=C(c1nnn(-c2ccccc2Cl)c1-c1cccnc1)N1CCN(c2ccc(F)cc2)CC1. The van der Waals surface area contributed by atoms with Gasteiger partial charge in [-0.2, -0.15) is 0 Å². The van der Waals surface area contributed by atoms with Crippen molar-refractivity contribution in [3.05, 3.63) is 89.6 Å². The zero-order chi connectivity index (χ0) is 22.8. The maximum Gasteiger partial charge on any atom is 0.276 e. The van der Waals surface area contributed by atoms with Crippen molar-refractivity contribution in [2.24, 2.45) is 0 Å². The zero-order valence-electron chi connectivity index (χ0n) is 17.6. The maximum atomic E-state index is 13.5. The quantitative estimate of drug-likeness (QED) is 0.457. The molecule has 1 fully saturated rings. The molecule has 1 amide bonds. The van der Waals surface area contributed by atoms with Gasteiger partial charge in [0.2, 0.25) is 0 Å². The Hall–Kier alpha value is -3.78. The molecule has 4 aromatic rings. The molecule has 5 rings (SSSR count). The number of benzene rings is 2. The van der Waals surface area contributed by atoms with E-state index in [2.05, 4.69) is 20.2 Å². The summed E-state index contributed by atoms with van der Waals surface area (Å²) in [6, 6.07) is 17.3. The van der Waals surface area contributed by atoms with E-state index in [1.54, 1.807) is 46.2 Å². The molecule has 0 N–H and O–H groups in total. The van der Waals surface area contributed by atoms with Crippen molar-refractivity contribution in [1.82, 2.24) is 24.9 Å². The third kappa shape index (κ3) is 4.17. The number of carbonyl (C=O) groups is 1. The summed E-state index contributed by atoms with van der Waals surface area (Å²) in [5.41, 5.74) is 3.07. The molecule has 0 atom stereocenters. The lowest BCUT2D eigenvalue weighted by molar-refractivity contribution is 0.0741. The Labute approximate surface area is 195 Å². The first-order valence-electron chi connectivity index (χ1n) is 10.5. The summed E-state index contributed by atoms with van der Waals surface area (Å²) in [6.45, 7) is 2.31. The lowest BCUT2D eigenvalue weighted by Crippen LogP contribution is -2.49. The summed E-state index contributed by atoms with van der Waals surface area (Å²) in [4.78, 5) is 21.6. The third-order valence-corrected chi connectivity index (χ3v) is 5.97. The fourth-order valence-electron chi connectivity index (χ4n) is 3.95. The molecule has 1 aliphatic heterocycles. The molecule has 0 spiro atoms. The molecule has 2 aromatic carbocycles. The summed E-state index contributed by atoms with van der Waals surface area (Å²) in [5, 5.41) is 9.02. The Morgan fingerprint density at radius 1 is 0.939 bits per heavy atom. The van der Waals surface area contributed by atoms with Crippen LogP contribution in [0.5, 0.6) is 0 Å². The zero-order valence-corrected chi connectivity index (χ0v) is 18.4. The molecule has 0 unspecified atom stereocenters. The van der Waals surface area contributed by atoms with Gasteiger partial charge < -0.3 is 9.80 Å². The van der Waals surface area contributed by atoms with Gasteiger partial charge in [-0.15, -0.1) is 5.10 Å². The van der Waals surface area contributed by atoms with Crippen molar-refractivity contribution in [2.75, 3.05) is 31.1 Å². The van der Waals surface area contributed by atoms with Gasteiger partial charge in [0, 0.05) is 49.8 Å². The predicted octanol–water partition coefficient (Wildman–Crippen LogP) is 4.08. The van der Waals surface area contributed by atoms with Crippen LogP contribution in [0.1, 0.15) is 10.5 Å². The molecule has 166 valence electrons. The molecule has 3 heterocycles. The van der Waals surface area contributed by atoms with E-state index >= 15 is 0 Å². The highest BCUT2D eigenvalue weighted by atomic mass is 35.5. The van der Waals surface area contributed by atoms with Crippen molar-refractivity contribution in [2.45, 2.75) is 0 Å². The minimum Gasteiger partial charge on any atom is -0.368 e. The monoisotopic (exact) mass is 462 g/mol. The average molecular weight is 463 g/mol. The Morgan fingerprint density at radius 2 is 1.70 bits per heavy atom. The normalized spacial score (nSPS) is 13.9. The predicted molar refractivity (Wildman–Crippen MR) is 124 cm³/mol. The molecule has 0 aliphatic carbocycles. The minimum atomic E-state index is -0.267. The lowest BCUT2D eigenvalue weighted by atomic mass is 10.1. The molecule has 2 aromatic heterocycles. The molecule has 33 heavy (non-hydrogen) atoms. The van der Waals surface area contributed by atoms with Crippen LogP contribution in [-0.2, 0) is 0 Å². The van der Waals surface area contributed by atoms with E-state index in [1.165, 1.54) is 12.1 Å². The second kappa shape index (κ2) is 8.99. The number of para-hydroxylation sites is 1. The minimum absolute atomic E-state index is 0.203. The van der Waals surface area contributed by atoms with Crippen molar-refractivity contribution < 1.29 is 9.18 Å². The van der Waals surface area contributed by atoms with Crippen LogP contribution in [0, 0.1) is 5.82 Å². The first-order valence-corrected chi connectivity index (χ1v) is 10.9. The van der Waals surface area contributed by atoms with E-state index in [-0.39, 0.29) is 17.4 Å². The molecule has 0 saturated carbocycles. The van der Waals surface area contributed by atoms with E-state index in [0.717, 1.165) is 11.3 Å². The Kier molecular flexibility index (Phi) is 5.75. The second-order valence-corrected chi connectivity index (χ2v) is 8.05. The van der Waals surface area contributed by atoms with E-state index in [9.17, 15) is 9.18 Å². The molecule has 1 aliphatic rings. The number of rotatable bonds is 4. The van der Waals surface area contributed by atoms with Crippen LogP contribution in [-0.4, -0.2) is 57.0 Å². The van der Waals surface area contributed by atoms with E-state index < -0.39 is 0 Å². The summed E-state index contributed by atoms with van der Waals surface area (Å²) in [5.74, 6) is -0.469. The number of anilines is 1. The number of halogens is 2. The van der Waals surface area contributed by atoms with E-state index in [1.807, 2.05) is 24.3 Å². The van der Waals surface area contributed by atoms with E-state index in [0.29, 0.717) is 42.6 Å². The number of amides is 1. The van der Waals surface area contributed by atoms with Gasteiger partial charge in [-0.3, -0.25) is 9.78 Å². The smallest absolute Gasteiger partial charge is 0.276 e. The topological polar surface area (TPSA) is 67.2 Å². The number of pyridine rings is 1. The fraction of sp³-hybridized carbons (Fsp3) is 0.167. The van der Waals surface area contributed by atoms with Crippen LogP contribution in [0.4, 0.5) is 10.1 Å². The summed E-state index contributed by atoms with van der Waals surface area (Å²) >= 11 is 6.41. The summed E-state index contributed by atoms with van der Waals surface area (Å²) < 4.78 is 14.8. The fourth-order valence-corrected chi connectivity index (χ4v) is 4.17. The summed E-state index contributed by atoms with van der Waals surface area (Å²) in [7, 11) is 0. The van der Waals surface area contributed by atoms with Gasteiger partial charge in [-0.1, -0.05) is 28.9 Å². The largest absolute Gasteiger partial charge is 0.368 e. The number of carbonyl (C=O) groups excluding carboxylic acids is 1. The van der Waals surface area contributed by atoms with Crippen LogP contribution < -0.4 is 4.90 Å². The Morgan fingerprint density at radius 3 is 2.39 bits per heavy atom. The highest BCUT2D eigenvalue weighted by molar-refractivity contribution is 6.32. The maximum absolute atomic E-state index is 13.5. The first-order chi connectivity index (χ1) is 16.1. The number of nitrogens with zero attached hydrogens (tertiary/aromatic N) is 6. The molecule has 0 bridgehead atoms. The van der Waals surface area contributed by atoms with Crippen molar-refractivity contribution in [1.29, 1.82) is 0 Å². The summed E-state index contributed by atoms with van der Waals surface area (Å²) in [6.07, 6.45) is 3.35. The van der Waals surface area contributed by atoms with Crippen molar-refractivity contribution in [3.63, 3.8) is 0 Å². The van der Waals surface area contributed by atoms with E-state index in [4.69, 9.17) is 11.6 Å². The standard InChI is InChI=1S/C24H20ClFN6O/c25-20-5-1-2-6-21(20)32-23(17-4-3-11-27-16-17)22(28-29-32)24(33)31-14-12-30(13-15-31)19-9-7-18(26)8-10-19/h1-11,16H,12-15H2. The molecule has 9 heteroatoms. The lowest BCUT2D eigenvalue weighted by Gasteiger charge is -2.35. The second-order valence-electron chi connectivity index (χ2n) is 7.65. The molecule has 1 saturated heterocycles. The number of hydrogen-bond acceptors (Lipinski definition) is 5. The Bertz CT molecular complexity index is 1270. The average Bonchev–Trinajstić information content (AvgIpc) is 3.30. The number of aromatic nitrogens is 4. The van der Waals surface area contributed by atoms with Crippen LogP contribution >= 0.6 is 11.6 Å². The van der Waals surface area contributed by atoms with Crippen LogP contribution in [0.2, 0.25) is 5.02 Å². The van der Waals surface area contributed by atoms with Crippen LogP contribution in [0.15, 0.2) is 73.1 Å². The molecule has 7 nitrogen and oxygen atoms in total. The van der Waals surface area contributed by atoms with Gasteiger partial charge in [0.25, 0.3) is 5.91 Å². The number of piperazine rings is 1. The van der Waals surface area contributed by atoms with Crippen molar-refractivity contribution in [3.8, 4) is 16.9 Å². The van der Waals surface area contributed by atoms with Gasteiger partial charge in [-0.25, -0.2) is 9.07 Å². The van der Waals surface area contributed by atoms with Crippen LogP contribution in [0.25, 0.3) is 16.9 Å². The first kappa shape index (κ1) is 21.1. The van der Waals surface area contributed by atoms with Crippen molar-refractivity contribution >= 4 is 23.2 Å². The third-order valence-electron chi connectivity index (χ3n) is 5.65. The van der Waals surface area contributed by atoms with Gasteiger partial charge >= 0.3 is 0 Å². The van der Waals surface area contributed by atoms with Gasteiger partial charge in [0.1, 0.15) is 11.5 Å². The van der Waals surface area contributed by atoms with Gasteiger partial charge in [-0.05, 0) is 48.5 Å². The molecular weight excluding hydrogens is 443 g/mol. The molecule has 0 radical (unpaired) electrons. The number of hydrogen-bond donors (Lipinski definition) is 0. The highest BCUT2D eigenvalue weighted by Crippen LogP contribution is 2.29. The van der Waals surface area contributed by atoms with Gasteiger partial charge in [0.15, 0.2) is 5.69 Å². The van der Waals surface area contributed by atoms with Crippen LogP contribution in [0.3, 0.4) is 0 Å². The highest BCUT2D eigenvalue weighted by Gasteiger charge is 2.29. The Balaban J connectivity index is 1.44.